The average Bonchev–Trinajstić information content (AvgIpc) is 2.34. The Morgan fingerprint density at radius 1 is 1.39 bits per heavy atom. The van der Waals surface area contributed by atoms with Gasteiger partial charge in [-0.1, -0.05) is 26.0 Å². The van der Waals surface area contributed by atoms with Crippen molar-refractivity contribution >= 4 is 28.5 Å². The Hall–Kier alpha value is -0.620. The van der Waals surface area contributed by atoms with Gasteiger partial charge in [0.15, 0.2) is 0 Å². The molecule has 0 radical (unpaired) electrons. The molecule has 0 aliphatic carbocycles. The SMILES string of the molecule is COCCN(CC(C)C)C(=O)c1ccccc1I. The van der Waals surface area contributed by atoms with E-state index in [-0.39, 0.29) is 5.91 Å². The van der Waals surface area contributed by atoms with Gasteiger partial charge in [-0.25, -0.2) is 0 Å². The molecule has 1 aromatic rings. The molecule has 3 nitrogen and oxygen atoms in total. The van der Waals surface area contributed by atoms with E-state index in [9.17, 15) is 4.79 Å². The van der Waals surface area contributed by atoms with Crippen molar-refractivity contribution in [2.75, 3.05) is 26.8 Å². The Kier molecular flexibility index (Phi) is 6.63. The van der Waals surface area contributed by atoms with Crippen molar-refractivity contribution in [1.82, 2.24) is 4.90 Å². The molecule has 0 heterocycles. The third kappa shape index (κ3) is 4.57. The van der Waals surface area contributed by atoms with E-state index in [0.717, 1.165) is 15.7 Å². The zero-order valence-electron chi connectivity index (χ0n) is 11.1. The Balaban J connectivity index is 2.84. The third-order valence-corrected chi connectivity index (χ3v) is 3.48. The van der Waals surface area contributed by atoms with Crippen LogP contribution in [-0.2, 0) is 4.74 Å². The first-order valence-electron chi connectivity index (χ1n) is 6.09. The Labute approximate surface area is 123 Å². The van der Waals surface area contributed by atoms with Gasteiger partial charge in [0.05, 0.1) is 12.2 Å². The summed E-state index contributed by atoms with van der Waals surface area (Å²) in [7, 11) is 1.66. The number of nitrogens with zero attached hydrogens (tertiary/aromatic N) is 1. The second kappa shape index (κ2) is 7.74. The van der Waals surface area contributed by atoms with Gasteiger partial charge in [0.2, 0.25) is 0 Å². The highest BCUT2D eigenvalue weighted by Crippen LogP contribution is 2.15. The van der Waals surface area contributed by atoms with Crippen LogP contribution >= 0.6 is 22.6 Å². The van der Waals surface area contributed by atoms with Gasteiger partial charge in [-0.3, -0.25) is 4.79 Å². The smallest absolute Gasteiger partial charge is 0.255 e. The summed E-state index contributed by atoms with van der Waals surface area (Å²) in [5.41, 5.74) is 0.773. The topological polar surface area (TPSA) is 29.5 Å². The summed E-state index contributed by atoms with van der Waals surface area (Å²) in [5.74, 6) is 0.540. The molecule has 18 heavy (non-hydrogen) atoms. The van der Waals surface area contributed by atoms with E-state index in [1.54, 1.807) is 7.11 Å². The van der Waals surface area contributed by atoms with Crippen LogP contribution in [0.3, 0.4) is 0 Å². The lowest BCUT2D eigenvalue weighted by atomic mass is 10.1. The van der Waals surface area contributed by atoms with Crippen LogP contribution in [0.15, 0.2) is 24.3 Å². The molecule has 0 saturated carbocycles. The highest BCUT2D eigenvalue weighted by Gasteiger charge is 2.18. The molecule has 0 aromatic heterocycles. The van der Waals surface area contributed by atoms with Gasteiger partial charge in [0.1, 0.15) is 0 Å². The Morgan fingerprint density at radius 3 is 2.61 bits per heavy atom. The number of benzene rings is 1. The van der Waals surface area contributed by atoms with Crippen molar-refractivity contribution in [1.29, 1.82) is 0 Å². The second-order valence-electron chi connectivity index (χ2n) is 4.62. The second-order valence-corrected chi connectivity index (χ2v) is 5.78. The predicted octanol–water partition coefficient (Wildman–Crippen LogP) is 3.04. The van der Waals surface area contributed by atoms with Crippen molar-refractivity contribution in [3.05, 3.63) is 33.4 Å². The Bertz CT molecular complexity index is 393. The lowest BCUT2D eigenvalue weighted by Crippen LogP contribution is -2.37. The first-order valence-corrected chi connectivity index (χ1v) is 7.17. The van der Waals surface area contributed by atoms with E-state index in [1.807, 2.05) is 29.2 Å². The summed E-state index contributed by atoms with van der Waals surface area (Å²) in [6.07, 6.45) is 0. The minimum absolute atomic E-state index is 0.0887. The van der Waals surface area contributed by atoms with Crippen LogP contribution in [0.4, 0.5) is 0 Å². The molecule has 100 valence electrons. The van der Waals surface area contributed by atoms with Gasteiger partial charge in [-0.15, -0.1) is 0 Å². The van der Waals surface area contributed by atoms with Gasteiger partial charge in [-0.05, 0) is 40.6 Å². The maximum absolute atomic E-state index is 12.5. The van der Waals surface area contributed by atoms with Crippen molar-refractivity contribution in [3.63, 3.8) is 0 Å². The molecule has 0 unspecified atom stereocenters. The fraction of sp³-hybridized carbons (Fsp3) is 0.500. The van der Waals surface area contributed by atoms with Crippen LogP contribution in [0.5, 0.6) is 0 Å². The fourth-order valence-corrected chi connectivity index (χ4v) is 2.34. The summed E-state index contributed by atoms with van der Waals surface area (Å²) in [5, 5.41) is 0. The van der Waals surface area contributed by atoms with E-state index < -0.39 is 0 Å². The Morgan fingerprint density at radius 2 is 2.06 bits per heavy atom. The zero-order chi connectivity index (χ0) is 13.5. The standard InChI is InChI=1S/C14H20INO2/c1-11(2)10-16(8-9-18-3)14(17)12-6-4-5-7-13(12)15/h4-7,11H,8-10H2,1-3H3. The van der Waals surface area contributed by atoms with Crippen LogP contribution in [0.1, 0.15) is 24.2 Å². The van der Waals surface area contributed by atoms with Gasteiger partial charge in [0, 0.05) is 23.8 Å². The van der Waals surface area contributed by atoms with Crippen LogP contribution in [0.25, 0.3) is 0 Å². The number of hydrogen-bond donors (Lipinski definition) is 0. The predicted molar refractivity (Wildman–Crippen MR) is 81.8 cm³/mol. The molecule has 0 aliphatic heterocycles. The summed E-state index contributed by atoms with van der Waals surface area (Å²) in [6, 6.07) is 7.68. The first-order chi connectivity index (χ1) is 8.56. The quantitative estimate of drug-likeness (QED) is 0.729. The number of ether oxygens (including phenoxy) is 1. The average molecular weight is 361 g/mol. The lowest BCUT2D eigenvalue weighted by molar-refractivity contribution is 0.0671. The van der Waals surface area contributed by atoms with Crippen molar-refractivity contribution in [2.24, 2.45) is 5.92 Å². The van der Waals surface area contributed by atoms with E-state index in [4.69, 9.17) is 4.74 Å². The lowest BCUT2D eigenvalue weighted by Gasteiger charge is -2.24. The van der Waals surface area contributed by atoms with Gasteiger partial charge in [-0.2, -0.15) is 0 Å². The molecule has 0 atom stereocenters. The van der Waals surface area contributed by atoms with Gasteiger partial charge in [0.25, 0.3) is 5.91 Å². The summed E-state index contributed by atoms with van der Waals surface area (Å²) in [4.78, 5) is 14.3. The molecule has 0 fully saturated rings. The number of amides is 1. The molecular formula is C14H20INO2. The highest BCUT2D eigenvalue weighted by molar-refractivity contribution is 14.1. The number of methoxy groups -OCH3 is 1. The van der Waals surface area contributed by atoms with E-state index in [0.29, 0.717) is 19.1 Å². The minimum atomic E-state index is 0.0887. The normalized spacial score (nSPS) is 10.7. The van der Waals surface area contributed by atoms with Crippen molar-refractivity contribution < 1.29 is 9.53 Å². The van der Waals surface area contributed by atoms with E-state index in [2.05, 4.69) is 36.4 Å². The van der Waals surface area contributed by atoms with Crippen molar-refractivity contribution in [3.8, 4) is 0 Å². The van der Waals surface area contributed by atoms with Crippen LogP contribution < -0.4 is 0 Å². The molecule has 0 saturated heterocycles. The van der Waals surface area contributed by atoms with Crippen LogP contribution in [0, 0.1) is 9.49 Å². The van der Waals surface area contributed by atoms with Crippen molar-refractivity contribution in [2.45, 2.75) is 13.8 Å². The number of carbonyl (C=O) groups is 1. The maximum Gasteiger partial charge on any atom is 0.255 e. The first kappa shape index (κ1) is 15.4. The number of carbonyl (C=O) groups excluding carboxylic acids is 1. The minimum Gasteiger partial charge on any atom is -0.383 e. The molecule has 1 aromatic carbocycles. The fourth-order valence-electron chi connectivity index (χ4n) is 1.72. The molecule has 1 amide bonds. The van der Waals surface area contributed by atoms with Gasteiger partial charge >= 0.3 is 0 Å². The zero-order valence-corrected chi connectivity index (χ0v) is 13.3. The van der Waals surface area contributed by atoms with E-state index in [1.165, 1.54) is 0 Å². The number of rotatable bonds is 6. The third-order valence-electron chi connectivity index (χ3n) is 2.54. The summed E-state index contributed by atoms with van der Waals surface area (Å²) in [6.45, 7) is 6.19. The molecule has 1 rings (SSSR count). The molecular weight excluding hydrogens is 341 g/mol. The number of hydrogen-bond acceptors (Lipinski definition) is 2. The number of halogens is 1. The van der Waals surface area contributed by atoms with Crippen LogP contribution in [0.2, 0.25) is 0 Å². The molecule has 4 heteroatoms. The highest BCUT2D eigenvalue weighted by atomic mass is 127. The van der Waals surface area contributed by atoms with Gasteiger partial charge < -0.3 is 9.64 Å². The summed E-state index contributed by atoms with van der Waals surface area (Å²) < 4.78 is 6.07. The largest absolute Gasteiger partial charge is 0.383 e. The molecule has 0 bridgehead atoms. The molecule has 0 aliphatic rings. The monoisotopic (exact) mass is 361 g/mol. The van der Waals surface area contributed by atoms with Crippen LogP contribution in [-0.4, -0.2) is 37.6 Å². The maximum atomic E-state index is 12.5. The summed E-state index contributed by atoms with van der Waals surface area (Å²) >= 11 is 2.20. The van der Waals surface area contributed by atoms with E-state index >= 15 is 0 Å². The molecule has 0 N–H and O–H groups in total. The molecule has 0 spiro atoms.